The summed E-state index contributed by atoms with van der Waals surface area (Å²) in [5.74, 6) is -0.256. The number of nitrogens with one attached hydrogen (secondary N) is 1. The standard InChI is InChI=1S/C13H18N2O2/c1-10(16)17-13(11-6-2-4-8-14-11)12-7-3-5-9-15-12/h2,4,6,8,12-13,15H,3,5,7,9H2,1H3. The number of ether oxygens (including phenoxy) is 1. The lowest BCUT2D eigenvalue weighted by molar-refractivity contribution is -0.149. The lowest BCUT2D eigenvalue weighted by Crippen LogP contribution is -2.40. The Morgan fingerprint density at radius 1 is 1.53 bits per heavy atom. The zero-order chi connectivity index (χ0) is 12.1. The van der Waals surface area contributed by atoms with Crippen LogP contribution in [0.4, 0.5) is 0 Å². The van der Waals surface area contributed by atoms with Gasteiger partial charge >= 0.3 is 5.97 Å². The van der Waals surface area contributed by atoms with E-state index in [4.69, 9.17) is 4.74 Å². The van der Waals surface area contributed by atoms with Crippen molar-refractivity contribution < 1.29 is 9.53 Å². The van der Waals surface area contributed by atoms with E-state index >= 15 is 0 Å². The highest BCUT2D eigenvalue weighted by molar-refractivity contribution is 5.66. The van der Waals surface area contributed by atoms with Crippen LogP contribution in [-0.2, 0) is 9.53 Å². The van der Waals surface area contributed by atoms with Crippen molar-refractivity contribution in [2.75, 3.05) is 6.54 Å². The molecule has 1 fully saturated rings. The van der Waals surface area contributed by atoms with Gasteiger partial charge in [-0.1, -0.05) is 12.5 Å². The number of rotatable bonds is 3. The SMILES string of the molecule is CC(=O)OC(c1ccccn1)C1CCCCN1. The summed E-state index contributed by atoms with van der Waals surface area (Å²) < 4.78 is 5.41. The van der Waals surface area contributed by atoms with Gasteiger partial charge in [0.05, 0.1) is 5.69 Å². The molecule has 1 saturated heterocycles. The minimum absolute atomic E-state index is 0.183. The molecule has 0 radical (unpaired) electrons. The van der Waals surface area contributed by atoms with E-state index in [1.165, 1.54) is 19.8 Å². The molecule has 1 aromatic heterocycles. The van der Waals surface area contributed by atoms with Crippen LogP contribution in [-0.4, -0.2) is 23.5 Å². The van der Waals surface area contributed by atoms with E-state index in [-0.39, 0.29) is 18.1 Å². The third kappa shape index (κ3) is 3.27. The first-order chi connectivity index (χ1) is 8.27. The Labute approximate surface area is 101 Å². The Balaban J connectivity index is 2.15. The molecular formula is C13H18N2O2. The Hall–Kier alpha value is -1.42. The molecule has 1 aliphatic heterocycles. The topological polar surface area (TPSA) is 51.2 Å². The molecule has 0 bridgehead atoms. The number of nitrogens with zero attached hydrogens (tertiary/aromatic N) is 1. The van der Waals surface area contributed by atoms with Crippen molar-refractivity contribution in [3.05, 3.63) is 30.1 Å². The lowest BCUT2D eigenvalue weighted by Gasteiger charge is -2.30. The van der Waals surface area contributed by atoms with Gasteiger partial charge in [0.2, 0.25) is 0 Å². The highest BCUT2D eigenvalue weighted by Gasteiger charge is 2.28. The predicted octanol–water partition coefficient (Wildman–Crippen LogP) is 1.83. The van der Waals surface area contributed by atoms with Crippen molar-refractivity contribution in [3.63, 3.8) is 0 Å². The van der Waals surface area contributed by atoms with Crippen LogP contribution in [0.5, 0.6) is 0 Å². The molecule has 0 saturated carbocycles. The Morgan fingerprint density at radius 3 is 3.00 bits per heavy atom. The van der Waals surface area contributed by atoms with Crippen LogP contribution >= 0.6 is 0 Å². The average molecular weight is 234 g/mol. The summed E-state index contributed by atoms with van der Waals surface area (Å²) in [5.41, 5.74) is 0.821. The summed E-state index contributed by atoms with van der Waals surface area (Å²) >= 11 is 0. The summed E-state index contributed by atoms with van der Waals surface area (Å²) in [6.07, 6.45) is 4.84. The second-order valence-corrected chi connectivity index (χ2v) is 4.34. The Bertz CT molecular complexity index is 361. The molecular weight excluding hydrogens is 216 g/mol. The van der Waals surface area contributed by atoms with Gasteiger partial charge in [-0.3, -0.25) is 9.78 Å². The summed E-state index contributed by atoms with van der Waals surface area (Å²) in [5, 5.41) is 3.41. The number of carbonyl (C=O) groups excluding carboxylic acids is 1. The third-order valence-corrected chi connectivity index (χ3v) is 2.99. The minimum Gasteiger partial charge on any atom is -0.454 e. The van der Waals surface area contributed by atoms with E-state index in [2.05, 4.69) is 10.3 Å². The maximum atomic E-state index is 11.2. The van der Waals surface area contributed by atoms with Crippen molar-refractivity contribution in [2.24, 2.45) is 0 Å². The number of carbonyl (C=O) groups is 1. The molecule has 0 aromatic carbocycles. The van der Waals surface area contributed by atoms with Gasteiger partial charge in [-0.15, -0.1) is 0 Å². The van der Waals surface area contributed by atoms with Crippen LogP contribution in [0.15, 0.2) is 24.4 Å². The normalized spacial score (nSPS) is 21.8. The average Bonchev–Trinajstić information content (AvgIpc) is 2.38. The van der Waals surface area contributed by atoms with Crippen LogP contribution in [0.3, 0.4) is 0 Å². The zero-order valence-electron chi connectivity index (χ0n) is 10.1. The van der Waals surface area contributed by atoms with Crippen molar-refractivity contribution >= 4 is 5.97 Å². The van der Waals surface area contributed by atoms with Gasteiger partial charge in [0.1, 0.15) is 0 Å². The van der Waals surface area contributed by atoms with Gasteiger partial charge < -0.3 is 10.1 Å². The van der Waals surface area contributed by atoms with E-state index in [1.54, 1.807) is 6.20 Å². The largest absolute Gasteiger partial charge is 0.454 e. The molecule has 17 heavy (non-hydrogen) atoms. The van der Waals surface area contributed by atoms with Crippen molar-refractivity contribution in [1.29, 1.82) is 0 Å². The van der Waals surface area contributed by atoms with Crippen LogP contribution in [0.1, 0.15) is 38.0 Å². The molecule has 4 nitrogen and oxygen atoms in total. The van der Waals surface area contributed by atoms with Gasteiger partial charge in [0, 0.05) is 19.2 Å². The van der Waals surface area contributed by atoms with Crippen LogP contribution in [0.2, 0.25) is 0 Å². The van der Waals surface area contributed by atoms with Crippen LogP contribution < -0.4 is 5.32 Å². The predicted molar refractivity (Wildman–Crippen MR) is 64.4 cm³/mol. The smallest absolute Gasteiger partial charge is 0.303 e. The molecule has 4 heteroatoms. The Kier molecular flexibility index (Phi) is 4.09. The van der Waals surface area contributed by atoms with Crippen molar-refractivity contribution in [3.8, 4) is 0 Å². The maximum absolute atomic E-state index is 11.2. The second kappa shape index (κ2) is 5.77. The number of esters is 1. The first kappa shape index (κ1) is 12.0. The molecule has 1 aromatic rings. The number of pyridine rings is 1. The van der Waals surface area contributed by atoms with E-state index in [0.29, 0.717) is 0 Å². The molecule has 2 rings (SSSR count). The summed E-state index contributed by atoms with van der Waals surface area (Å²) in [4.78, 5) is 15.5. The first-order valence-corrected chi connectivity index (χ1v) is 6.09. The minimum atomic E-state index is -0.269. The molecule has 0 aliphatic carbocycles. The van der Waals surface area contributed by atoms with Gasteiger partial charge in [-0.05, 0) is 31.5 Å². The third-order valence-electron chi connectivity index (χ3n) is 2.99. The van der Waals surface area contributed by atoms with E-state index < -0.39 is 0 Å². The molecule has 2 heterocycles. The second-order valence-electron chi connectivity index (χ2n) is 4.34. The van der Waals surface area contributed by atoms with Crippen molar-refractivity contribution in [1.82, 2.24) is 10.3 Å². The van der Waals surface area contributed by atoms with Crippen LogP contribution in [0, 0.1) is 0 Å². The number of hydrogen-bond acceptors (Lipinski definition) is 4. The number of hydrogen-bond donors (Lipinski definition) is 1. The highest BCUT2D eigenvalue weighted by Crippen LogP contribution is 2.25. The molecule has 1 aliphatic rings. The van der Waals surface area contributed by atoms with E-state index in [0.717, 1.165) is 18.7 Å². The first-order valence-electron chi connectivity index (χ1n) is 6.09. The number of aromatic nitrogens is 1. The van der Waals surface area contributed by atoms with Gasteiger partial charge in [-0.2, -0.15) is 0 Å². The summed E-state index contributed by atoms with van der Waals surface area (Å²) in [6.45, 7) is 2.42. The highest BCUT2D eigenvalue weighted by atomic mass is 16.5. The quantitative estimate of drug-likeness (QED) is 0.811. The lowest BCUT2D eigenvalue weighted by atomic mass is 9.97. The van der Waals surface area contributed by atoms with E-state index in [1.807, 2.05) is 18.2 Å². The fourth-order valence-electron chi connectivity index (χ4n) is 2.21. The summed E-state index contributed by atoms with van der Waals surface area (Å²) in [6, 6.07) is 5.87. The molecule has 2 atom stereocenters. The monoisotopic (exact) mass is 234 g/mol. The zero-order valence-corrected chi connectivity index (χ0v) is 10.1. The molecule has 92 valence electrons. The maximum Gasteiger partial charge on any atom is 0.303 e. The number of piperidine rings is 1. The van der Waals surface area contributed by atoms with E-state index in [9.17, 15) is 4.79 Å². The van der Waals surface area contributed by atoms with Crippen molar-refractivity contribution in [2.45, 2.75) is 38.3 Å². The molecule has 1 N–H and O–H groups in total. The molecule has 0 spiro atoms. The Morgan fingerprint density at radius 2 is 2.41 bits per heavy atom. The van der Waals surface area contributed by atoms with Gasteiger partial charge in [-0.25, -0.2) is 0 Å². The van der Waals surface area contributed by atoms with Gasteiger partial charge in [0.25, 0.3) is 0 Å². The van der Waals surface area contributed by atoms with Crippen LogP contribution in [0.25, 0.3) is 0 Å². The summed E-state index contributed by atoms with van der Waals surface area (Å²) in [7, 11) is 0. The fourth-order valence-corrected chi connectivity index (χ4v) is 2.21. The molecule has 2 unspecified atom stereocenters. The fraction of sp³-hybridized carbons (Fsp3) is 0.538. The molecule has 0 amide bonds. The van der Waals surface area contributed by atoms with Gasteiger partial charge in [0.15, 0.2) is 6.10 Å².